The molecule has 0 saturated carbocycles. The molecule has 2 nitrogen and oxygen atoms in total. The Balaban J connectivity index is 1.67. The van der Waals surface area contributed by atoms with Gasteiger partial charge in [0.25, 0.3) is 0 Å². The SMILES string of the molecule is CCCCCCc1cnc(-c2ccc(-c3ccc(CCCC)cc3F)cc2)nc1. The monoisotopic (exact) mass is 390 g/mol. The molecule has 0 saturated heterocycles. The molecule has 29 heavy (non-hydrogen) atoms. The van der Waals surface area contributed by atoms with Gasteiger partial charge in [0.05, 0.1) is 0 Å². The van der Waals surface area contributed by atoms with E-state index in [0.717, 1.165) is 42.4 Å². The zero-order valence-corrected chi connectivity index (χ0v) is 17.6. The van der Waals surface area contributed by atoms with Crippen LogP contribution in [0.1, 0.15) is 63.5 Å². The summed E-state index contributed by atoms with van der Waals surface area (Å²) < 4.78 is 14.6. The predicted octanol–water partition coefficient (Wildman–Crippen LogP) is 7.42. The first-order valence-corrected chi connectivity index (χ1v) is 10.9. The molecule has 152 valence electrons. The molecule has 0 N–H and O–H groups in total. The van der Waals surface area contributed by atoms with E-state index in [1.54, 1.807) is 6.07 Å². The van der Waals surface area contributed by atoms with Crippen LogP contribution in [-0.2, 0) is 12.8 Å². The molecule has 0 fully saturated rings. The summed E-state index contributed by atoms with van der Waals surface area (Å²) in [6, 6.07) is 13.4. The summed E-state index contributed by atoms with van der Waals surface area (Å²) in [5.41, 5.74) is 4.71. The van der Waals surface area contributed by atoms with E-state index in [2.05, 4.69) is 23.8 Å². The predicted molar refractivity (Wildman–Crippen MR) is 119 cm³/mol. The maximum absolute atomic E-state index is 14.6. The highest BCUT2D eigenvalue weighted by Gasteiger charge is 2.08. The topological polar surface area (TPSA) is 25.8 Å². The third kappa shape index (κ3) is 5.96. The van der Waals surface area contributed by atoms with Crippen LogP contribution < -0.4 is 0 Å². The lowest BCUT2D eigenvalue weighted by Gasteiger charge is -2.08. The number of hydrogen-bond acceptors (Lipinski definition) is 2. The van der Waals surface area contributed by atoms with Crippen molar-refractivity contribution in [2.75, 3.05) is 0 Å². The molecular formula is C26H31FN2. The zero-order chi connectivity index (χ0) is 20.5. The Kier molecular flexibility index (Phi) is 7.92. The average Bonchev–Trinajstić information content (AvgIpc) is 2.76. The highest BCUT2D eigenvalue weighted by molar-refractivity contribution is 5.68. The van der Waals surface area contributed by atoms with Gasteiger partial charge in [-0.2, -0.15) is 0 Å². The molecule has 0 amide bonds. The molecule has 0 bridgehead atoms. The third-order valence-corrected chi connectivity index (χ3v) is 5.33. The Bertz CT molecular complexity index is 886. The van der Waals surface area contributed by atoms with Crippen LogP contribution in [0.5, 0.6) is 0 Å². The Hall–Kier alpha value is -2.55. The van der Waals surface area contributed by atoms with Crippen molar-refractivity contribution in [3.8, 4) is 22.5 Å². The minimum absolute atomic E-state index is 0.157. The number of halogens is 1. The van der Waals surface area contributed by atoms with Gasteiger partial charge >= 0.3 is 0 Å². The van der Waals surface area contributed by atoms with Crippen molar-refractivity contribution in [1.29, 1.82) is 0 Å². The molecule has 0 unspecified atom stereocenters. The number of aryl methyl sites for hydroxylation is 2. The van der Waals surface area contributed by atoms with E-state index < -0.39 is 0 Å². The number of benzene rings is 2. The second-order valence-corrected chi connectivity index (χ2v) is 7.72. The van der Waals surface area contributed by atoms with Gasteiger partial charge in [-0.05, 0) is 48.4 Å². The van der Waals surface area contributed by atoms with Crippen molar-refractivity contribution >= 4 is 0 Å². The molecule has 1 aromatic heterocycles. The van der Waals surface area contributed by atoms with Gasteiger partial charge in [0.1, 0.15) is 5.82 Å². The molecule has 0 spiro atoms. The zero-order valence-electron chi connectivity index (χ0n) is 17.6. The summed E-state index contributed by atoms with van der Waals surface area (Å²) in [6.45, 7) is 4.37. The van der Waals surface area contributed by atoms with E-state index in [9.17, 15) is 4.39 Å². The van der Waals surface area contributed by atoms with Crippen molar-refractivity contribution in [3.63, 3.8) is 0 Å². The van der Waals surface area contributed by atoms with E-state index in [1.165, 1.54) is 31.2 Å². The summed E-state index contributed by atoms with van der Waals surface area (Å²) in [4.78, 5) is 9.05. The maximum Gasteiger partial charge on any atom is 0.159 e. The van der Waals surface area contributed by atoms with Crippen LogP contribution in [0.4, 0.5) is 4.39 Å². The lowest BCUT2D eigenvalue weighted by molar-refractivity contribution is 0.627. The van der Waals surface area contributed by atoms with E-state index in [4.69, 9.17) is 0 Å². The van der Waals surface area contributed by atoms with Gasteiger partial charge in [0.2, 0.25) is 0 Å². The first-order valence-electron chi connectivity index (χ1n) is 10.9. The highest BCUT2D eigenvalue weighted by Crippen LogP contribution is 2.26. The Morgan fingerprint density at radius 3 is 2.00 bits per heavy atom. The highest BCUT2D eigenvalue weighted by atomic mass is 19.1. The van der Waals surface area contributed by atoms with Gasteiger partial charge in [-0.15, -0.1) is 0 Å². The number of nitrogens with zero attached hydrogens (tertiary/aromatic N) is 2. The van der Waals surface area contributed by atoms with Crippen molar-refractivity contribution in [3.05, 3.63) is 71.8 Å². The molecule has 1 heterocycles. The molecule has 3 aromatic rings. The number of aromatic nitrogens is 2. The number of unbranched alkanes of at least 4 members (excludes halogenated alkanes) is 4. The molecule has 3 heteroatoms. The number of rotatable bonds is 10. The van der Waals surface area contributed by atoms with E-state index in [0.29, 0.717) is 11.4 Å². The van der Waals surface area contributed by atoms with Crippen LogP contribution >= 0.6 is 0 Å². The van der Waals surface area contributed by atoms with Gasteiger partial charge < -0.3 is 0 Å². The van der Waals surface area contributed by atoms with Gasteiger partial charge in [-0.1, -0.05) is 75.9 Å². The summed E-state index contributed by atoms with van der Waals surface area (Å²) in [5, 5.41) is 0. The molecule has 0 atom stereocenters. The largest absolute Gasteiger partial charge is 0.236 e. The van der Waals surface area contributed by atoms with Crippen LogP contribution in [0.2, 0.25) is 0 Å². The van der Waals surface area contributed by atoms with Gasteiger partial charge in [-0.3, -0.25) is 0 Å². The van der Waals surface area contributed by atoms with E-state index in [1.807, 2.05) is 48.8 Å². The number of hydrogen-bond donors (Lipinski definition) is 0. The van der Waals surface area contributed by atoms with Crippen LogP contribution in [0.25, 0.3) is 22.5 Å². The van der Waals surface area contributed by atoms with E-state index >= 15 is 0 Å². The summed E-state index contributed by atoms with van der Waals surface area (Å²) >= 11 is 0. The summed E-state index contributed by atoms with van der Waals surface area (Å²) in [6.07, 6.45) is 13.0. The van der Waals surface area contributed by atoms with Crippen molar-refractivity contribution in [1.82, 2.24) is 9.97 Å². The molecule has 0 aliphatic rings. The molecular weight excluding hydrogens is 359 g/mol. The van der Waals surface area contributed by atoms with Crippen LogP contribution in [0.15, 0.2) is 54.9 Å². The Morgan fingerprint density at radius 2 is 1.34 bits per heavy atom. The second-order valence-electron chi connectivity index (χ2n) is 7.72. The maximum atomic E-state index is 14.6. The minimum Gasteiger partial charge on any atom is -0.236 e. The first-order chi connectivity index (χ1) is 14.2. The fourth-order valence-corrected chi connectivity index (χ4v) is 3.52. The van der Waals surface area contributed by atoms with Crippen LogP contribution in [0, 0.1) is 5.82 Å². The quantitative estimate of drug-likeness (QED) is 0.337. The molecule has 2 aromatic carbocycles. The van der Waals surface area contributed by atoms with Crippen molar-refractivity contribution < 1.29 is 4.39 Å². The smallest absolute Gasteiger partial charge is 0.159 e. The standard InChI is InChI=1S/C26H31FN2/c1-3-5-7-8-10-21-18-28-26(29-19-21)23-14-12-22(13-15-23)24-16-11-20(9-6-4-2)17-25(24)27/h11-19H,3-10H2,1-2H3. The average molecular weight is 391 g/mol. The minimum atomic E-state index is -0.157. The lowest BCUT2D eigenvalue weighted by atomic mass is 10.00. The molecule has 0 radical (unpaired) electrons. The molecule has 0 aliphatic heterocycles. The lowest BCUT2D eigenvalue weighted by Crippen LogP contribution is -1.94. The van der Waals surface area contributed by atoms with Crippen molar-refractivity contribution in [2.45, 2.75) is 65.2 Å². The normalized spacial score (nSPS) is 11.0. The van der Waals surface area contributed by atoms with Gasteiger partial charge in [-0.25, -0.2) is 14.4 Å². The van der Waals surface area contributed by atoms with Gasteiger partial charge in [0.15, 0.2) is 5.82 Å². The third-order valence-electron chi connectivity index (χ3n) is 5.33. The summed E-state index contributed by atoms with van der Waals surface area (Å²) in [7, 11) is 0. The Morgan fingerprint density at radius 1 is 0.690 bits per heavy atom. The molecule has 0 aliphatic carbocycles. The van der Waals surface area contributed by atoms with Crippen LogP contribution in [-0.4, -0.2) is 9.97 Å². The van der Waals surface area contributed by atoms with Gasteiger partial charge in [0, 0.05) is 23.5 Å². The molecule has 3 rings (SSSR count). The fraction of sp³-hybridized carbons (Fsp3) is 0.385. The van der Waals surface area contributed by atoms with Crippen molar-refractivity contribution in [2.24, 2.45) is 0 Å². The second kappa shape index (κ2) is 10.8. The fourth-order valence-electron chi connectivity index (χ4n) is 3.52. The van der Waals surface area contributed by atoms with Crippen LogP contribution in [0.3, 0.4) is 0 Å². The Labute approximate surface area is 174 Å². The first kappa shape index (κ1) is 21.2. The summed E-state index contributed by atoms with van der Waals surface area (Å²) in [5.74, 6) is 0.555. The van der Waals surface area contributed by atoms with E-state index in [-0.39, 0.29) is 5.82 Å².